The second-order valence-corrected chi connectivity index (χ2v) is 4.51. The first-order valence-corrected chi connectivity index (χ1v) is 5.06. The molecule has 0 aromatic rings. The molecule has 0 bridgehead atoms. The second kappa shape index (κ2) is 2.86. The van der Waals surface area contributed by atoms with Gasteiger partial charge in [-0.05, 0) is 31.6 Å². The molecule has 0 spiro atoms. The van der Waals surface area contributed by atoms with E-state index in [4.69, 9.17) is 0 Å². The van der Waals surface area contributed by atoms with E-state index >= 15 is 0 Å². The van der Waals surface area contributed by atoms with Gasteiger partial charge in [0.05, 0.1) is 0 Å². The molecule has 2 unspecified atom stereocenters. The third-order valence-corrected chi connectivity index (χ3v) is 3.59. The van der Waals surface area contributed by atoms with E-state index < -0.39 is 0 Å². The highest BCUT2D eigenvalue weighted by Crippen LogP contribution is 2.43. The molecule has 0 radical (unpaired) electrons. The molecule has 0 saturated heterocycles. The number of nitrogens with zero attached hydrogens (tertiary/aromatic N) is 1. The average molecular weight is 179 g/mol. The Morgan fingerprint density at radius 2 is 2.15 bits per heavy atom. The Kier molecular flexibility index (Phi) is 1.94. The number of carbonyl (C=O) groups is 1. The molecular formula is C11H17NO. The van der Waals surface area contributed by atoms with E-state index in [0.717, 1.165) is 0 Å². The normalized spacial score (nSPS) is 39.0. The standard InChI is InChI=1S/C11H17NO/c1-7-4-5-9-8(2)6-12(3)11(13)10(7)9/h6-7,9-10H,4-5H2,1-3H3/t7-,9?,10?/m0/s1. The van der Waals surface area contributed by atoms with Gasteiger partial charge in [0.15, 0.2) is 0 Å². The number of hydrogen-bond donors (Lipinski definition) is 0. The summed E-state index contributed by atoms with van der Waals surface area (Å²) in [5.41, 5.74) is 1.39. The summed E-state index contributed by atoms with van der Waals surface area (Å²) in [7, 11) is 1.87. The van der Waals surface area contributed by atoms with Gasteiger partial charge in [-0.3, -0.25) is 4.79 Å². The third-order valence-electron chi connectivity index (χ3n) is 3.59. The van der Waals surface area contributed by atoms with Gasteiger partial charge in [-0.25, -0.2) is 0 Å². The van der Waals surface area contributed by atoms with Crippen LogP contribution in [0.3, 0.4) is 0 Å². The van der Waals surface area contributed by atoms with E-state index in [1.54, 1.807) is 4.90 Å². The van der Waals surface area contributed by atoms with Crippen LogP contribution in [-0.4, -0.2) is 17.9 Å². The van der Waals surface area contributed by atoms with Crippen molar-refractivity contribution >= 4 is 5.91 Å². The van der Waals surface area contributed by atoms with E-state index in [1.807, 2.05) is 13.2 Å². The van der Waals surface area contributed by atoms with Crippen molar-refractivity contribution in [2.45, 2.75) is 26.7 Å². The lowest BCUT2D eigenvalue weighted by Gasteiger charge is -2.31. The summed E-state index contributed by atoms with van der Waals surface area (Å²) in [4.78, 5) is 13.6. The predicted molar refractivity (Wildman–Crippen MR) is 51.9 cm³/mol. The fourth-order valence-electron chi connectivity index (χ4n) is 2.82. The molecule has 0 aromatic heterocycles. The molecule has 1 heterocycles. The van der Waals surface area contributed by atoms with Gasteiger partial charge in [0.2, 0.25) is 5.91 Å². The lowest BCUT2D eigenvalue weighted by atomic mass is 9.83. The number of amides is 1. The van der Waals surface area contributed by atoms with Crippen molar-refractivity contribution in [1.82, 2.24) is 4.90 Å². The van der Waals surface area contributed by atoms with Crippen LogP contribution in [0.25, 0.3) is 0 Å². The molecule has 0 N–H and O–H groups in total. The summed E-state index contributed by atoms with van der Waals surface area (Å²) in [6.07, 6.45) is 4.41. The van der Waals surface area contributed by atoms with Gasteiger partial charge in [0, 0.05) is 19.2 Å². The summed E-state index contributed by atoms with van der Waals surface area (Å²) in [5.74, 6) is 1.71. The molecule has 1 amide bonds. The number of allylic oxidation sites excluding steroid dienone is 1. The maximum absolute atomic E-state index is 11.8. The van der Waals surface area contributed by atoms with Gasteiger partial charge in [0.1, 0.15) is 0 Å². The highest BCUT2D eigenvalue weighted by Gasteiger charge is 2.42. The van der Waals surface area contributed by atoms with Crippen LogP contribution in [0.1, 0.15) is 26.7 Å². The topological polar surface area (TPSA) is 20.3 Å². The first kappa shape index (κ1) is 8.79. The SMILES string of the molecule is CC1=CN(C)C(=O)C2C1CC[C@@H]2C. The molecule has 72 valence electrons. The molecular weight excluding hydrogens is 162 g/mol. The molecule has 1 aliphatic carbocycles. The summed E-state index contributed by atoms with van der Waals surface area (Å²) in [6.45, 7) is 4.35. The van der Waals surface area contributed by atoms with Crippen LogP contribution in [0.15, 0.2) is 11.8 Å². The Labute approximate surface area is 79.6 Å². The van der Waals surface area contributed by atoms with E-state index in [-0.39, 0.29) is 5.92 Å². The van der Waals surface area contributed by atoms with Crippen LogP contribution in [0.4, 0.5) is 0 Å². The van der Waals surface area contributed by atoms with Crippen LogP contribution >= 0.6 is 0 Å². The fourth-order valence-corrected chi connectivity index (χ4v) is 2.82. The maximum Gasteiger partial charge on any atom is 0.230 e. The van der Waals surface area contributed by atoms with Crippen LogP contribution in [0.2, 0.25) is 0 Å². The Morgan fingerprint density at radius 3 is 2.85 bits per heavy atom. The summed E-state index contributed by atoms with van der Waals surface area (Å²) in [6, 6.07) is 0. The molecule has 1 fully saturated rings. The van der Waals surface area contributed by atoms with Gasteiger partial charge in [-0.2, -0.15) is 0 Å². The van der Waals surface area contributed by atoms with Crippen LogP contribution in [0, 0.1) is 17.8 Å². The van der Waals surface area contributed by atoms with E-state index in [9.17, 15) is 4.79 Å². The van der Waals surface area contributed by atoms with Gasteiger partial charge in [-0.1, -0.05) is 12.5 Å². The number of carbonyl (C=O) groups excluding carboxylic acids is 1. The lowest BCUT2D eigenvalue weighted by molar-refractivity contribution is -0.134. The van der Waals surface area contributed by atoms with Crippen molar-refractivity contribution in [3.63, 3.8) is 0 Å². The van der Waals surface area contributed by atoms with Crippen molar-refractivity contribution < 1.29 is 4.79 Å². The third kappa shape index (κ3) is 1.19. The van der Waals surface area contributed by atoms with Crippen molar-refractivity contribution in [1.29, 1.82) is 0 Å². The zero-order valence-electron chi connectivity index (χ0n) is 8.58. The molecule has 2 nitrogen and oxygen atoms in total. The molecule has 1 saturated carbocycles. The zero-order chi connectivity index (χ0) is 9.59. The highest BCUT2D eigenvalue weighted by molar-refractivity contribution is 5.82. The van der Waals surface area contributed by atoms with E-state index in [1.165, 1.54) is 18.4 Å². The van der Waals surface area contributed by atoms with Gasteiger partial charge in [0.25, 0.3) is 0 Å². The maximum atomic E-state index is 11.8. The van der Waals surface area contributed by atoms with E-state index in [0.29, 0.717) is 17.7 Å². The first-order valence-electron chi connectivity index (χ1n) is 5.06. The Balaban J connectivity index is 2.34. The lowest BCUT2D eigenvalue weighted by Crippen LogP contribution is -2.38. The molecule has 0 aromatic carbocycles. The Bertz CT molecular complexity index is 269. The van der Waals surface area contributed by atoms with Gasteiger partial charge in [-0.15, -0.1) is 0 Å². The molecule has 13 heavy (non-hydrogen) atoms. The van der Waals surface area contributed by atoms with Gasteiger partial charge < -0.3 is 4.90 Å². The summed E-state index contributed by atoms with van der Waals surface area (Å²) in [5, 5.41) is 0. The molecule has 2 aliphatic rings. The van der Waals surface area contributed by atoms with Crippen molar-refractivity contribution in [3.8, 4) is 0 Å². The minimum absolute atomic E-state index is 0.273. The smallest absolute Gasteiger partial charge is 0.230 e. The van der Waals surface area contributed by atoms with E-state index in [2.05, 4.69) is 13.8 Å². The average Bonchev–Trinajstić information content (AvgIpc) is 2.44. The zero-order valence-corrected chi connectivity index (χ0v) is 8.58. The monoisotopic (exact) mass is 179 g/mol. The summed E-state index contributed by atoms with van der Waals surface area (Å²) >= 11 is 0. The molecule has 2 heteroatoms. The van der Waals surface area contributed by atoms with Gasteiger partial charge >= 0.3 is 0 Å². The summed E-state index contributed by atoms with van der Waals surface area (Å²) < 4.78 is 0. The number of fused-ring (bicyclic) bond motifs is 1. The minimum atomic E-state index is 0.273. The van der Waals surface area contributed by atoms with Crippen LogP contribution in [-0.2, 0) is 4.79 Å². The first-order chi connectivity index (χ1) is 6.11. The predicted octanol–water partition coefficient (Wildman–Crippen LogP) is 2.02. The molecule has 2 rings (SSSR count). The quantitative estimate of drug-likeness (QED) is 0.557. The Morgan fingerprint density at radius 1 is 1.46 bits per heavy atom. The molecule has 1 aliphatic heterocycles. The van der Waals surface area contributed by atoms with Crippen molar-refractivity contribution in [2.24, 2.45) is 17.8 Å². The van der Waals surface area contributed by atoms with Crippen LogP contribution < -0.4 is 0 Å². The highest BCUT2D eigenvalue weighted by atomic mass is 16.2. The largest absolute Gasteiger partial charge is 0.322 e. The molecule has 3 atom stereocenters. The minimum Gasteiger partial charge on any atom is -0.322 e. The number of rotatable bonds is 0. The van der Waals surface area contributed by atoms with Crippen molar-refractivity contribution in [3.05, 3.63) is 11.8 Å². The van der Waals surface area contributed by atoms with Crippen molar-refractivity contribution in [2.75, 3.05) is 7.05 Å². The second-order valence-electron chi connectivity index (χ2n) is 4.51. The Hall–Kier alpha value is -0.790. The van der Waals surface area contributed by atoms with Crippen LogP contribution in [0.5, 0.6) is 0 Å². The number of hydrogen-bond acceptors (Lipinski definition) is 1. The fraction of sp³-hybridized carbons (Fsp3) is 0.727.